The Balaban J connectivity index is 1.89. The van der Waals surface area contributed by atoms with Crippen LogP contribution in [0.5, 0.6) is 5.88 Å². The van der Waals surface area contributed by atoms with Crippen molar-refractivity contribution in [1.29, 1.82) is 0 Å². The van der Waals surface area contributed by atoms with Crippen LogP contribution in [0.1, 0.15) is 5.56 Å². The second kappa shape index (κ2) is 7.24. The lowest BCUT2D eigenvalue weighted by atomic mass is 9.99. The highest BCUT2D eigenvalue weighted by atomic mass is 16.3. The number of aromatic nitrogens is 3. The minimum atomic E-state index is -0.00199. The van der Waals surface area contributed by atoms with Gasteiger partial charge in [-0.2, -0.15) is 0 Å². The minimum absolute atomic E-state index is 0.00199. The third-order valence-corrected chi connectivity index (χ3v) is 5.11. The first-order valence-corrected chi connectivity index (χ1v) is 9.54. The smallest absolute Gasteiger partial charge is 0.224 e. The van der Waals surface area contributed by atoms with Crippen molar-refractivity contribution < 1.29 is 5.11 Å². The Hall–Kier alpha value is -3.92. The van der Waals surface area contributed by atoms with E-state index in [0.29, 0.717) is 11.9 Å². The summed E-state index contributed by atoms with van der Waals surface area (Å²) in [6.07, 6.45) is 1.42. The fourth-order valence-electron chi connectivity index (χ4n) is 3.86. The minimum Gasteiger partial charge on any atom is -0.493 e. The lowest BCUT2D eigenvalue weighted by Crippen LogP contribution is -2.03. The maximum absolute atomic E-state index is 10.7. The van der Waals surface area contributed by atoms with Crippen molar-refractivity contribution in [2.75, 3.05) is 0 Å². The van der Waals surface area contributed by atoms with Crippen molar-refractivity contribution in [3.8, 4) is 28.3 Å². The van der Waals surface area contributed by atoms with Gasteiger partial charge < -0.3 is 9.67 Å². The second-order valence-electron chi connectivity index (χ2n) is 6.92. The van der Waals surface area contributed by atoms with E-state index >= 15 is 0 Å². The van der Waals surface area contributed by atoms with E-state index in [1.165, 1.54) is 11.9 Å². The standard InChI is InChI=1S/C25H19N3O/c29-25-22-21(19-12-6-2-7-13-19)23(20-14-8-3-9-15-20)28(24(22)26-17-27-25)16-18-10-4-1-5-11-18/h1-15,17H,16H2,(H,26,27,29). The molecule has 0 saturated carbocycles. The molecule has 0 spiro atoms. The molecule has 0 aliphatic carbocycles. The average Bonchev–Trinajstić information content (AvgIpc) is 3.11. The summed E-state index contributed by atoms with van der Waals surface area (Å²) in [5, 5.41) is 11.4. The van der Waals surface area contributed by atoms with Crippen LogP contribution in [0.2, 0.25) is 0 Å². The molecule has 29 heavy (non-hydrogen) atoms. The number of hydrogen-bond acceptors (Lipinski definition) is 3. The van der Waals surface area contributed by atoms with E-state index in [1.54, 1.807) is 0 Å². The Bertz CT molecular complexity index is 1260. The SMILES string of the molecule is Oc1ncnc2c1c(-c1ccccc1)c(-c1ccccc1)n2Cc1ccccc1. The molecule has 0 aliphatic heterocycles. The predicted octanol–water partition coefficient (Wildman–Crippen LogP) is 5.52. The number of rotatable bonds is 4. The van der Waals surface area contributed by atoms with E-state index in [0.717, 1.165) is 28.0 Å². The molecule has 4 heteroatoms. The van der Waals surface area contributed by atoms with E-state index in [1.807, 2.05) is 54.6 Å². The van der Waals surface area contributed by atoms with Crippen LogP contribution in [0, 0.1) is 0 Å². The molecule has 5 rings (SSSR count). The Morgan fingerprint density at radius 3 is 1.93 bits per heavy atom. The number of aromatic hydroxyl groups is 1. The molecule has 0 atom stereocenters. The summed E-state index contributed by atoms with van der Waals surface area (Å²) in [5.41, 5.74) is 5.94. The predicted molar refractivity (Wildman–Crippen MR) is 116 cm³/mol. The lowest BCUT2D eigenvalue weighted by molar-refractivity contribution is 0.459. The van der Waals surface area contributed by atoms with Gasteiger partial charge in [0.05, 0.1) is 11.1 Å². The molecule has 140 valence electrons. The van der Waals surface area contributed by atoms with Crippen molar-refractivity contribution in [3.05, 3.63) is 103 Å². The van der Waals surface area contributed by atoms with Crippen molar-refractivity contribution >= 4 is 11.0 Å². The van der Waals surface area contributed by atoms with Crippen LogP contribution in [0.15, 0.2) is 97.3 Å². The van der Waals surface area contributed by atoms with E-state index in [4.69, 9.17) is 0 Å². The molecule has 2 heterocycles. The van der Waals surface area contributed by atoms with Crippen LogP contribution in [0.25, 0.3) is 33.4 Å². The normalized spacial score (nSPS) is 11.0. The highest BCUT2D eigenvalue weighted by Gasteiger charge is 2.23. The van der Waals surface area contributed by atoms with Crippen LogP contribution in [-0.2, 0) is 6.54 Å². The highest BCUT2D eigenvalue weighted by Crippen LogP contribution is 2.43. The van der Waals surface area contributed by atoms with Crippen LogP contribution >= 0.6 is 0 Å². The molecule has 0 saturated heterocycles. The zero-order chi connectivity index (χ0) is 19.6. The number of hydrogen-bond donors (Lipinski definition) is 1. The van der Waals surface area contributed by atoms with Gasteiger partial charge in [0, 0.05) is 12.1 Å². The molecule has 0 amide bonds. The number of fused-ring (bicyclic) bond motifs is 1. The summed E-state index contributed by atoms with van der Waals surface area (Å²) in [7, 11) is 0. The van der Waals surface area contributed by atoms with Gasteiger partial charge in [-0.1, -0.05) is 91.0 Å². The maximum atomic E-state index is 10.7. The van der Waals surface area contributed by atoms with Crippen molar-refractivity contribution in [1.82, 2.24) is 14.5 Å². The van der Waals surface area contributed by atoms with Crippen molar-refractivity contribution in [3.63, 3.8) is 0 Å². The van der Waals surface area contributed by atoms with Gasteiger partial charge in [0.25, 0.3) is 0 Å². The Morgan fingerprint density at radius 2 is 1.28 bits per heavy atom. The van der Waals surface area contributed by atoms with Crippen molar-refractivity contribution in [2.45, 2.75) is 6.54 Å². The summed E-state index contributed by atoms with van der Waals surface area (Å²) in [6, 6.07) is 30.6. The molecule has 1 N–H and O–H groups in total. The molecular formula is C25H19N3O. The quantitative estimate of drug-likeness (QED) is 0.449. The van der Waals surface area contributed by atoms with E-state index < -0.39 is 0 Å². The topological polar surface area (TPSA) is 50.9 Å². The van der Waals surface area contributed by atoms with Crippen LogP contribution < -0.4 is 0 Å². The second-order valence-corrected chi connectivity index (χ2v) is 6.92. The molecule has 0 bridgehead atoms. The molecular weight excluding hydrogens is 358 g/mol. The van der Waals surface area contributed by atoms with Gasteiger partial charge >= 0.3 is 0 Å². The number of nitrogens with zero attached hydrogens (tertiary/aromatic N) is 3. The molecule has 0 unspecified atom stereocenters. The maximum Gasteiger partial charge on any atom is 0.224 e. The first kappa shape index (κ1) is 17.2. The third kappa shape index (κ3) is 3.05. The van der Waals surface area contributed by atoms with Crippen molar-refractivity contribution in [2.24, 2.45) is 0 Å². The Labute approximate surface area is 168 Å². The van der Waals surface area contributed by atoms with Crippen LogP contribution in [0.4, 0.5) is 0 Å². The average molecular weight is 377 g/mol. The first-order chi connectivity index (χ1) is 14.3. The summed E-state index contributed by atoms with van der Waals surface area (Å²) in [4.78, 5) is 8.64. The van der Waals surface area contributed by atoms with Gasteiger partial charge in [-0.05, 0) is 16.7 Å². The zero-order valence-corrected chi connectivity index (χ0v) is 15.7. The molecule has 2 aromatic heterocycles. The van der Waals surface area contributed by atoms with Gasteiger partial charge in [-0.15, -0.1) is 0 Å². The van der Waals surface area contributed by atoms with Gasteiger partial charge in [-0.25, -0.2) is 9.97 Å². The van der Waals surface area contributed by atoms with E-state index in [9.17, 15) is 5.11 Å². The van der Waals surface area contributed by atoms with Crippen LogP contribution in [-0.4, -0.2) is 19.6 Å². The first-order valence-electron chi connectivity index (χ1n) is 9.54. The summed E-state index contributed by atoms with van der Waals surface area (Å²) in [6.45, 7) is 0.644. The molecule has 5 aromatic rings. The van der Waals surface area contributed by atoms with E-state index in [2.05, 4.69) is 50.9 Å². The lowest BCUT2D eigenvalue weighted by Gasteiger charge is -2.13. The van der Waals surface area contributed by atoms with Gasteiger partial charge in [-0.3, -0.25) is 0 Å². The fraction of sp³-hybridized carbons (Fsp3) is 0.0400. The van der Waals surface area contributed by atoms with Gasteiger partial charge in [0.15, 0.2) is 0 Å². The zero-order valence-electron chi connectivity index (χ0n) is 15.7. The molecule has 3 aromatic carbocycles. The van der Waals surface area contributed by atoms with E-state index in [-0.39, 0.29) is 5.88 Å². The van der Waals surface area contributed by atoms with Gasteiger partial charge in [0.2, 0.25) is 5.88 Å². The Morgan fingerprint density at radius 1 is 0.690 bits per heavy atom. The van der Waals surface area contributed by atoms with Crippen LogP contribution in [0.3, 0.4) is 0 Å². The summed E-state index contributed by atoms with van der Waals surface area (Å²) in [5.74, 6) is -0.00199. The molecule has 4 nitrogen and oxygen atoms in total. The molecule has 0 aliphatic rings. The fourth-order valence-corrected chi connectivity index (χ4v) is 3.86. The molecule has 0 fully saturated rings. The largest absolute Gasteiger partial charge is 0.493 e. The Kier molecular flexibility index (Phi) is 4.30. The monoisotopic (exact) mass is 377 g/mol. The number of benzene rings is 3. The summed E-state index contributed by atoms with van der Waals surface area (Å²) < 4.78 is 2.17. The third-order valence-electron chi connectivity index (χ3n) is 5.11. The molecule has 0 radical (unpaired) electrons. The summed E-state index contributed by atoms with van der Waals surface area (Å²) >= 11 is 0. The van der Waals surface area contributed by atoms with Gasteiger partial charge in [0.1, 0.15) is 12.0 Å². The highest BCUT2D eigenvalue weighted by molar-refractivity contribution is 6.05.